The molecule has 1 saturated heterocycles. The topological polar surface area (TPSA) is 32.3 Å². The minimum Gasteiger partial charge on any atom is -0.309 e. The molecule has 17 heavy (non-hydrogen) atoms. The van der Waals surface area contributed by atoms with E-state index in [2.05, 4.69) is 39.1 Å². The van der Waals surface area contributed by atoms with E-state index < -0.39 is 0 Å². The van der Waals surface area contributed by atoms with Gasteiger partial charge >= 0.3 is 0 Å². The second kappa shape index (κ2) is 4.15. The van der Waals surface area contributed by atoms with Gasteiger partial charge in [0.05, 0.1) is 6.54 Å². The summed E-state index contributed by atoms with van der Waals surface area (Å²) in [5, 5.41) is 3.25. The van der Waals surface area contributed by atoms with Crippen LogP contribution in [0.4, 0.5) is 5.69 Å². The van der Waals surface area contributed by atoms with E-state index in [-0.39, 0.29) is 11.4 Å². The monoisotopic (exact) mass is 232 g/mol. The van der Waals surface area contributed by atoms with Gasteiger partial charge in [0.15, 0.2) is 0 Å². The minimum absolute atomic E-state index is 0.0237. The molecule has 0 bridgehead atoms. The molecule has 1 fully saturated rings. The number of carbonyl (C=O) groups is 1. The number of nitrogens with one attached hydrogen (secondary N) is 1. The number of nitrogens with zero attached hydrogens (tertiary/aromatic N) is 1. The standard InChI is InChI=1S/C14H20N2O/c1-10-6-5-7-12(11(10)2)16-9-14(3,4)15-8-13(16)17/h5-7,15H,8-9H2,1-4H3. The van der Waals surface area contributed by atoms with Gasteiger partial charge in [0.1, 0.15) is 0 Å². The van der Waals surface area contributed by atoms with Crippen molar-refractivity contribution in [3.05, 3.63) is 29.3 Å². The Morgan fingerprint density at radius 2 is 2.00 bits per heavy atom. The van der Waals surface area contributed by atoms with Gasteiger partial charge < -0.3 is 10.2 Å². The van der Waals surface area contributed by atoms with Crippen molar-refractivity contribution in [2.45, 2.75) is 33.2 Å². The van der Waals surface area contributed by atoms with Crippen LogP contribution < -0.4 is 10.2 Å². The lowest BCUT2D eigenvalue weighted by atomic mass is 9.99. The van der Waals surface area contributed by atoms with E-state index in [1.165, 1.54) is 11.1 Å². The Labute approximate surface area is 103 Å². The highest BCUT2D eigenvalue weighted by Crippen LogP contribution is 2.26. The predicted octanol–water partition coefficient (Wildman–Crippen LogP) is 2.02. The van der Waals surface area contributed by atoms with Crippen LogP contribution in [0.1, 0.15) is 25.0 Å². The zero-order valence-corrected chi connectivity index (χ0v) is 11.0. The van der Waals surface area contributed by atoms with E-state index in [4.69, 9.17) is 0 Å². The van der Waals surface area contributed by atoms with E-state index in [1.54, 1.807) is 0 Å². The number of rotatable bonds is 1. The maximum absolute atomic E-state index is 12.0. The van der Waals surface area contributed by atoms with Gasteiger partial charge in [-0.1, -0.05) is 12.1 Å². The van der Waals surface area contributed by atoms with Crippen molar-refractivity contribution >= 4 is 11.6 Å². The molecular weight excluding hydrogens is 212 g/mol. The average Bonchev–Trinajstić information content (AvgIpc) is 2.26. The highest BCUT2D eigenvalue weighted by atomic mass is 16.2. The smallest absolute Gasteiger partial charge is 0.241 e. The fraction of sp³-hybridized carbons (Fsp3) is 0.500. The van der Waals surface area contributed by atoms with Crippen LogP contribution >= 0.6 is 0 Å². The number of hydrogen-bond acceptors (Lipinski definition) is 2. The summed E-state index contributed by atoms with van der Waals surface area (Å²) in [7, 11) is 0. The Morgan fingerprint density at radius 3 is 2.71 bits per heavy atom. The van der Waals surface area contributed by atoms with Crippen molar-refractivity contribution < 1.29 is 4.79 Å². The Hall–Kier alpha value is -1.35. The second-order valence-corrected chi connectivity index (χ2v) is 5.44. The van der Waals surface area contributed by atoms with Crippen molar-refractivity contribution in [3.63, 3.8) is 0 Å². The summed E-state index contributed by atoms with van der Waals surface area (Å²) >= 11 is 0. The SMILES string of the molecule is Cc1cccc(N2CC(C)(C)NCC2=O)c1C. The third kappa shape index (κ3) is 2.34. The minimum atomic E-state index is -0.0237. The number of aryl methyl sites for hydroxylation is 1. The Morgan fingerprint density at radius 1 is 1.29 bits per heavy atom. The van der Waals surface area contributed by atoms with Crippen LogP contribution in [0.5, 0.6) is 0 Å². The van der Waals surface area contributed by atoms with Gasteiger partial charge in [-0.2, -0.15) is 0 Å². The molecule has 1 aliphatic rings. The van der Waals surface area contributed by atoms with Gasteiger partial charge in [0.2, 0.25) is 5.91 Å². The number of piperazine rings is 1. The van der Waals surface area contributed by atoms with Gasteiger partial charge in [-0.3, -0.25) is 4.79 Å². The lowest BCUT2D eigenvalue weighted by Crippen LogP contribution is -2.60. The molecule has 1 aromatic rings. The number of benzene rings is 1. The molecule has 0 saturated carbocycles. The van der Waals surface area contributed by atoms with E-state index in [0.29, 0.717) is 6.54 Å². The molecular formula is C14H20N2O. The Bertz CT molecular complexity index is 452. The molecule has 2 rings (SSSR count). The first kappa shape index (κ1) is 12.1. The molecule has 0 unspecified atom stereocenters. The molecule has 0 spiro atoms. The zero-order chi connectivity index (χ0) is 12.6. The van der Waals surface area contributed by atoms with Crippen LogP contribution in [0.2, 0.25) is 0 Å². The zero-order valence-electron chi connectivity index (χ0n) is 11.0. The molecule has 3 nitrogen and oxygen atoms in total. The number of anilines is 1. The maximum atomic E-state index is 12.0. The van der Waals surface area contributed by atoms with Crippen molar-refractivity contribution in [1.29, 1.82) is 0 Å². The lowest BCUT2D eigenvalue weighted by Gasteiger charge is -2.39. The summed E-state index contributed by atoms with van der Waals surface area (Å²) in [5.74, 6) is 0.151. The average molecular weight is 232 g/mol. The first-order chi connectivity index (χ1) is 7.91. The summed E-state index contributed by atoms with van der Waals surface area (Å²) in [4.78, 5) is 13.9. The Kier molecular flexibility index (Phi) is 2.96. The summed E-state index contributed by atoms with van der Waals surface area (Å²) in [6.45, 7) is 9.54. The van der Waals surface area contributed by atoms with Crippen molar-refractivity contribution in [3.8, 4) is 0 Å². The second-order valence-electron chi connectivity index (χ2n) is 5.44. The maximum Gasteiger partial charge on any atom is 0.241 e. The van der Waals surface area contributed by atoms with Gasteiger partial charge in [0.25, 0.3) is 0 Å². The molecule has 1 heterocycles. The molecule has 0 aromatic heterocycles. The first-order valence-electron chi connectivity index (χ1n) is 6.02. The molecule has 0 atom stereocenters. The van der Waals surface area contributed by atoms with Crippen molar-refractivity contribution in [2.75, 3.05) is 18.0 Å². The highest BCUT2D eigenvalue weighted by molar-refractivity contribution is 5.96. The van der Waals surface area contributed by atoms with Crippen LogP contribution in [0, 0.1) is 13.8 Å². The highest BCUT2D eigenvalue weighted by Gasteiger charge is 2.31. The molecule has 1 aliphatic heterocycles. The molecule has 92 valence electrons. The summed E-state index contributed by atoms with van der Waals surface area (Å²) in [5.41, 5.74) is 3.44. The fourth-order valence-corrected chi connectivity index (χ4v) is 2.20. The number of carbonyl (C=O) groups excluding carboxylic acids is 1. The van der Waals surface area contributed by atoms with E-state index in [9.17, 15) is 4.79 Å². The van der Waals surface area contributed by atoms with Crippen molar-refractivity contribution in [1.82, 2.24) is 5.32 Å². The van der Waals surface area contributed by atoms with Gasteiger partial charge in [-0.25, -0.2) is 0 Å². The van der Waals surface area contributed by atoms with E-state index in [0.717, 1.165) is 12.2 Å². The van der Waals surface area contributed by atoms with Crippen LogP contribution in [0.15, 0.2) is 18.2 Å². The first-order valence-corrected chi connectivity index (χ1v) is 6.02. The predicted molar refractivity (Wildman–Crippen MR) is 70.4 cm³/mol. The van der Waals surface area contributed by atoms with Gasteiger partial charge in [-0.15, -0.1) is 0 Å². The molecule has 1 N–H and O–H groups in total. The van der Waals surface area contributed by atoms with Gasteiger partial charge in [0, 0.05) is 17.8 Å². The van der Waals surface area contributed by atoms with E-state index >= 15 is 0 Å². The number of amides is 1. The third-order valence-corrected chi connectivity index (χ3v) is 3.44. The lowest BCUT2D eigenvalue weighted by molar-refractivity contribution is -0.119. The molecule has 1 amide bonds. The van der Waals surface area contributed by atoms with Gasteiger partial charge in [-0.05, 0) is 44.9 Å². The summed E-state index contributed by atoms with van der Waals surface area (Å²) in [6.07, 6.45) is 0. The molecule has 0 aliphatic carbocycles. The molecule has 3 heteroatoms. The molecule has 0 radical (unpaired) electrons. The largest absolute Gasteiger partial charge is 0.309 e. The van der Waals surface area contributed by atoms with E-state index in [1.807, 2.05) is 17.0 Å². The van der Waals surface area contributed by atoms with Crippen molar-refractivity contribution in [2.24, 2.45) is 0 Å². The van der Waals surface area contributed by atoms with Crippen LogP contribution in [-0.4, -0.2) is 24.5 Å². The molecule has 1 aromatic carbocycles. The normalized spacial score (nSPS) is 19.5. The quantitative estimate of drug-likeness (QED) is 0.803. The Balaban J connectivity index is 2.38. The third-order valence-electron chi connectivity index (χ3n) is 3.44. The van der Waals surface area contributed by atoms with Crippen LogP contribution in [0.3, 0.4) is 0 Å². The fourth-order valence-electron chi connectivity index (χ4n) is 2.20. The van der Waals surface area contributed by atoms with Crippen LogP contribution in [-0.2, 0) is 4.79 Å². The van der Waals surface area contributed by atoms with Crippen LogP contribution in [0.25, 0.3) is 0 Å². The number of hydrogen-bond donors (Lipinski definition) is 1. The summed E-state index contributed by atoms with van der Waals surface area (Å²) in [6, 6.07) is 6.12. The summed E-state index contributed by atoms with van der Waals surface area (Å²) < 4.78 is 0.